The summed E-state index contributed by atoms with van der Waals surface area (Å²) in [5.74, 6) is -5.43. The molecule has 0 aliphatic carbocycles. The monoisotopic (exact) mass is 581 g/mol. The molecule has 1 saturated heterocycles. The number of benzene rings is 1. The van der Waals surface area contributed by atoms with E-state index in [1.807, 2.05) is 0 Å². The molecule has 0 amide bonds. The van der Waals surface area contributed by atoms with Crippen molar-refractivity contribution in [3.63, 3.8) is 0 Å². The van der Waals surface area contributed by atoms with Crippen LogP contribution in [0.3, 0.4) is 0 Å². The third-order valence-corrected chi connectivity index (χ3v) is 7.39. The second-order valence-electron chi connectivity index (χ2n) is 9.21. The highest BCUT2D eigenvalue weighted by molar-refractivity contribution is 8.13. The summed E-state index contributed by atoms with van der Waals surface area (Å²) in [5.41, 5.74) is 5.18. The van der Waals surface area contributed by atoms with Gasteiger partial charge in [0.25, 0.3) is 0 Å². The summed E-state index contributed by atoms with van der Waals surface area (Å²) in [4.78, 5) is 22.0. The van der Waals surface area contributed by atoms with E-state index in [4.69, 9.17) is 10.5 Å². The van der Waals surface area contributed by atoms with Crippen molar-refractivity contribution in [1.82, 2.24) is 19.9 Å². The molecule has 4 heterocycles. The number of nitrogens with two attached hydrogens (primary N) is 1. The fourth-order valence-corrected chi connectivity index (χ4v) is 5.52. The van der Waals surface area contributed by atoms with E-state index in [0.717, 1.165) is 30.9 Å². The molecule has 3 aromatic rings. The number of ether oxygens (including phenoxy) is 1. The molecular weight excluding hydrogens is 560 g/mol. The molecule has 1 fully saturated rings. The fourth-order valence-electron chi connectivity index (χ4n) is 4.54. The molecule has 15 heteroatoms. The predicted molar refractivity (Wildman–Crippen MR) is 137 cm³/mol. The van der Waals surface area contributed by atoms with Gasteiger partial charge in [0.2, 0.25) is 11.8 Å². The highest BCUT2D eigenvalue weighted by atomic mass is 32.2. The smallest absolute Gasteiger partial charge is 0.309 e. The summed E-state index contributed by atoms with van der Waals surface area (Å²) in [6.45, 7) is -2.57. The first kappa shape index (κ1) is 27.7. The second-order valence-corrected chi connectivity index (χ2v) is 10.3. The Hall–Kier alpha value is -3.88. The molecule has 210 valence electrons. The van der Waals surface area contributed by atoms with Crippen LogP contribution in [0.2, 0.25) is 0 Å². The van der Waals surface area contributed by atoms with Crippen LogP contribution in [0.25, 0.3) is 11.9 Å². The van der Waals surface area contributed by atoms with Crippen molar-refractivity contribution < 1.29 is 31.1 Å². The van der Waals surface area contributed by atoms with Gasteiger partial charge in [0.1, 0.15) is 17.1 Å². The number of halogens is 6. The molecule has 0 bridgehead atoms. The normalized spacial score (nSPS) is 21.2. The van der Waals surface area contributed by atoms with Crippen molar-refractivity contribution in [2.45, 2.75) is 11.5 Å². The van der Waals surface area contributed by atoms with Crippen LogP contribution in [0.15, 0.2) is 48.0 Å². The Morgan fingerprint density at radius 1 is 1.15 bits per heavy atom. The Balaban J connectivity index is 1.42. The second kappa shape index (κ2) is 10.9. The van der Waals surface area contributed by atoms with Gasteiger partial charge in [-0.1, -0.05) is 17.8 Å². The number of hydrogen-bond donors (Lipinski definition) is 1. The van der Waals surface area contributed by atoms with Gasteiger partial charge in [0, 0.05) is 23.8 Å². The summed E-state index contributed by atoms with van der Waals surface area (Å²) < 4.78 is 86.8. The van der Waals surface area contributed by atoms with Gasteiger partial charge in [-0.2, -0.15) is 8.78 Å². The molecule has 0 unspecified atom stereocenters. The fraction of sp³-hybridized carbons (Fsp3) is 0.320. The number of amidine groups is 1. The van der Waals surface area contributed by atoms with E-state index in [1.165, 1.54) is 30.0 Å². The van der Waals surface area contributed by atoms with Gasteiger partial charge in [0.05, 0.1) is 31.3 Å². The zero-order valence-corrected chi connectivity index (χ0v) is 21.4. The van der Waals surface area contributed by atoms with Crippen LogP contribution in [-0.2, 0) is 5.54 Å². The van der Waals surface area contributed by atoms with E-state index in [9.17, 15) is 17.6 Å². The van der Waals surface area contributed by atoms with Gasteiger partial charge in [-0.3, -0.25) is 0 Å². The number of aliphatic imine (C=N–C) groups is 1. The molecule has 2 aliphatic rings. The maximum Gasteiger partial charge on any atom is 0.309 e. The molecule has 0 radical (unpaired) electrons. The van der Waals surface area contributed by atoms with E-state index < -0.39 is 42.2 Å². The summed E-state index contributed by atoms with van der Waals surface area (Å²) in [7, 11) is 0. The molecule has 40 heavy (non-hydrogen) atoms. The maximum atomic E-state index is 15.3. The lowest BCUT2D eigenvalue weighted by molar-refractivity contribution is -0.0595. The van der Waals surface area contributed by atoms with Crippen LogP contribution in [0.5, 0.6) is 5.88 Å². The van der Waals surface area contributed by atoms with Gasteiger partial charge in [-0.15, -0.1) is 0 Å². The number of nitrogens with zero attached hydrogens (tertiary/aromatic N) is 6. The van der Waals surface area contributed by atoms with E-state index >= 15 is 8.78 Å². The van der Waals surface area contributed by atoms with Crippen LogP contribution < -0.4 is 15.4 Å². The lowest BCUT2D eigenvalue weighted by Crippen LogP contribution is -2.40. The minimum absolute atomic E-state index is 0.158. The van der Waals surface area contributed by atoms with Gasteiger partial charge in [-0.05, 0) is 23.8 Å². The number of fused-ring (bicyclic) bond motifs is 1. The van der Waals surface area contributed by atoms with Crippen molar-refractivity contribution >= 4 is 34.8 Å². The largest absolute Gasteiger partial charge is 0.470 e. The van der Waals surface area contributed by atoms with Crippen LogP contribution >= 0.6 is 11.8 Å². The van der Waals surface area contributed by atoms with Crippen LogP contribution in [-0.4, -0.2) is 63.1 Å². The van der Waals surface area contributed by atoms with Gasteiger partial charge in [-0.25, -0.2) is 42.5 Å². The van der Waals surface area contributed by atoms with Crippen molar-refractivity contribution in [3.8, 4) is 5.88 Å². The summed E-state index contributed by atoms with van der Waals surface area (Å²) >= 11 is 1.33. The maximum absolute atomic E-state index is 15.3. The van der Waals surface area contributed by atoms with Crippen LogP contribution in [0, 0.1) is 17.6 Å². The highest BCUT2D eigenvalue weighted by Gasteiger charge is 2.52. The summed E-state index contributed by atoms with van der Waals surface area (Å²) in [5, 5.41) is 0.270. The Labute approximate surface area is 228 Å². The number of hydrogen-bond acceptors (Lipinski definition) is 9. The van der Waals surface area contributed by atoms with Gasteiger partial charge >= 0.3 is 5.92 Å². The molecule has 2 aliphatic heterocycles. The molecule has 0 spiro atoms. The molecule has 1 aromatic carbocycles. The molecule has 2 aromatic heterocycles. The average Bonchev–Trinajstić information content (AvgIpc) is 3.33. The van der Waals surface area contributed by atoms with Gasteiger partial charge in [0.15, 0.2) is 30.1 Å². The molecule has 8 nitrogen and oxygen atoms in total. The summed E-state index contributed by atoms with van der Waals surface area (Å²) in [6, 6.07) is 4.03. The Bertz CT molecular complexity index is 1440. The molecule has 5 rings (SSSR count). The van der Waals surface area contributed by atoms with Crippen molar-refractivity contribution in [2.75, 3.05) is 37.0 Å². The number of thioether (sulfide) groups is 1. The molecule has 2 atom stereocenters. The van der Waals surface area contributed by atoms with Crippen molar-refractivity contribution in [3.05, 3.63) is 71.4 Å². The average molecular weight is 582 g/mol. The zero-order valence-electron chi connectivity index (χ0n) is 20.6. The number of alkyl halides is 3. The van der Waals surface area contributed by atoms with E-state index in [-0.39, 0.29) is 46.3 Å². The minimum atomic E-state index is -3.68. The van der Waals surface area contributed by atoms with E-state index in [1.54, 1.807) is 4.90 Å². The number of aromatic nitrogens is 4. The third kappa shape index (κ3) is 5.69. The van der Waals surface area contributed by atoms with Crippen molar-refractivity contribution in [1.29, 1.82) is 0 Å². The zero-order chi connectivity index (χ0) is 28.5. The Kier molecular flexibility index (Phi) is 7.57. The first-order valence-electron chi connectivity index (χ1n) is 11.9. The lowest BCUT2D eigenvalue weighted by atomic mass is 9.81. The lowest BCUT2D eigenvalue weighted by Gasteiger charge is -2.35. The number of anilines is 1. The van der Waals surface area contributed by atoms with E-state index in [0.29, 0.717) is 12.3 Å². The Morgan fingerprint density at radius 3 is 2.62 bits per heavy atom. The highest BCUT2D eigenvalue weighted by Crippen LogP contribution is 2.47. The third-order valence-electron chi connectivity index (χ3n) is 6.43. The van der Waals surface area contributed by atoms with Crippen LogP contribution in [0.1, 0.15) is 16.8 Å². The van der Waals surface area contributed by atoms with E-state index in [2.05, 4.69) is 24.9 Å². The first-order valence-corrected chi connectivity index (χ1v) is 12.8. The quantitative estimate of drug-likeness (QED) is 0.391. The minimum Gasteiger partial charge on any atom is -0.470 e. The number of rotatable bonds is 8. The predicted octanol–water partition coefficient (Wildman–Crippen LogP) is 4.39. The standard InChI is InChI=1S/C25H21F6N7OS/c26-11-24(30,31)13-39-21-8-33-20(7-34-21)19(29)4-14-1-2-18(28)17(3-14)25-12-38(23-35-5-16(27)6-36-23)9-15(25)10-40-22(32)37-25/h1-8,15H,9-13H2,(H2,32,37)/b19-4-/t15-,25-/m0/s1. The summed E-state index contributed by atoms with van der Waals surface area (Å²) in [6.07, 6.45) is 5.09. The van der Waals surface area contributed by atoms with Crippen molar-refractivity contribution in [2.24, 2.45) is 16.6 Å². The molecular formula is C25H21F6N7OS. The Morgan fingerprint density at radius 2 is 1.93 bits per heavy atom. The first-order chi connectivity index (χ1) is 19.1. The molecule has 0 saturated carbocycles. The van der Waals surface area contributed by atoms with Crippen LogP contribution in [0.4, 0.5) is 32.3 Å². The van der Waals surface area contributed by atoms with Gasteiger partial charge < -0.3 is 15.4 Å². The topological polar surface area (TPSA) is 102 Å². The molecule has 2 N–H and O–H groups in total. The SMILES string of the molecule is NC1=N[C@@]2(c3cc(/C=C(\F)c4cnc(OCC(F)(F)CF)cn4)ccc3F)CN(c3ncc(F)cn3)C[C@H]2CS1.